The fourth-order valence-corrected chi connectivity index (χ4v) is 1.93. The topological polar surface area (TPSA) is 46.3 Å². The minimum Gasteiger partial charge on any atom is -0.398 e. The molecule has 2 N–H and O–H groups in total. The van der Waals surface area contributed by atoms with Crippen LogP contribution in [0.2, 0.25) is 0 Å². The lowest BCUT2D eigenvalue weighted by atomic mass is 10.3. The molecular weight excluding hydrogens is 196 g/mol. The van der Waals surface area contributed by atoms with E-state index >= 15 is 0 Å². The zero-order valence-electron chi connectivity index (χ0n) is 9.00. The molecule has 1 aromatic rings. The third kappa shape index (κ3) is 2.07. The highest BCUT2D eigenvalue weighted by molar-refractivity contribution is 7.14. The molecule has 3 nitrogen and oxygen atoms in total. The van der Waals surface area contributed by atoms with Gasteiger partial charge in [-0.15, -0.1) is 11.3 Å². The van der Waals surface area contributed by atoms with Crippen LogP contribution in [0.25, 0.3) is 0 Å². The van der Waals surface area contributed by atoms with Crippen LogP contribution in [-0.4, -0.2) is 23.9 Å². The third-order valence-corrected chi connectivity index (χ3v) is 3.32. The number of aryl methyl sites for hydroxylation is 1. The van der Waals surface area contributed by atoms with Gasteiger partial charge < -0.3 is 10.6 Å². The molecule has 0 radical (unpaired) electrons. The monoisotopic (exact) mass is 212 g/mol. The zero-order chi connectivity index (χ0) is 10.9. The number of nitrogens with zero attached hydrogens (tertiary/aromatic N) is 1. The molecule has 0 bridgehead atoms. The molecule has 0 atom stereocenters. The first-order valence-electron chi connectivity index (χ1n) is 4.56. The summed E-state index contributed by atoms with van der Waals surface area (Å²) in [5.74, 6) is 0.0461. The van der Waals surface area contributed by atoms with Gasteiger partial charge >= 0.3 is 0 Å². The minimum atomic E-state index is 0.0461. The molecule has 1 heterocycles. The number of nitrogen functional groups attached to an aromatic ring is 1. The Bertz CT molecular complexity index is 324. The molecule has 1 rings (SSSR count). The van der Waals surface area contributed by atoms with Crippen molar-refractivity contribution in [3.8, 4) is 0 Å². The lowest BCUT2D eigenvalue weighted by Crippen LogP contribution is -2.32. The maximum atomic E-state index is 11.8. The largest absolute Gasteiger partial charge is 0.398 e. The SMILES string of the molecule is Cc1sc(C(=O)N(C)C(C)C)cc1N. The van der Waals surface area contributed by atoms with Crippen LogP contribution in [0, 0.1) is 6.92 Å². The summed E-state index contributed by atoms with van der Waals surface area (Å²) in [6.07, 6.45) is 0. The summed E-state index contributed by atoms with van der Waals surface area (Å²) in [6, 6.07) is 1.97. The molecule has 1 aromatic heterocycles. The smallest absolute Gasteiger partial charge is 0.263 e. The van der Waals surface area contributed by atoms with Gasteiger partial charge in [-0.3, -0.25) is 4.79 Å². The van der Waals surface area contributed by atoms with Gasteiger partial charge in [-0.2, -0.15) is 0 Å². The summed E-state index contributed by atoms with van der Waals surface area (Å²) >= 11 is 1.45. The van der Waals surface area contributed by atoms with Crippen LogP contribution in [0.5, 0.6) is 0 Å². The van der Waals surface area contributed by atoms with E-state index in [9.17, 15) is 4.79 Å². The van der Waals surface area contributed by atoms with Crippen molar-refractivity contribution in [2.45, 2.75) is 26.8 Å². The van der Waals surface area contributed by atoms with E-state index in [-0.39, 0.29) is 11.9 Å². The van der Waals surface area contributed by atoms with Crippen LogP contribution < -0.4 is 5.73 Å². The normalized spacial score (nSPS) is 10.6. The first-order chi connectivity index (χ1) is 6.43. The van der Waals surface area contributed by atoms with Gasteiger partial charge in [0.2, 0.25) is 0 Å². The first kappa shape index (κ1) is 11.0. The first-order valence-corrected chi connectivity index (χ1v) is 5.38. The molecule has 0 unspecified atom stereocenters. The van der Waals surface area contributed by atoms with Crippen LogP contribution in [0.3, 0.4) is 0 Å². The molecule has 1 amide bonds. The molecule has 0 aromatic carbocycles. The highest BCUT2D eigenvalue weighted by Gasteiger charge is 2.17. The van der Waals surface area contributed by atoms with Gasteiger partial charge in [0.25, 0.3) is 5.91 Å². The van der Waals surface area contributed by atoms with E-state index in [4.69, 9.17) is 5.73 Å². The molecule has 0 fully saturated rings. The van der Waals surface area contributed by atoms with Crippen molar-refractivity contribution in [1.29, 1.82) is 0 Å². The average Bonchev–Trinajstić information content (AvgIpc) is 2.44. The van der Waals surface area contributed by atoms with Gasteiger partial charge in [-0.25, -0.2) is 0 Å². The van der Waals surface area contributed by atoms with Crippen LogP contribution in [0.4, 0.5) is 5.69 Å². The highest BCUT2D eigenvalue weighted by atomic mass is 32.1. The fraction of sp³-hybridized carbons (Fsp3) is 0.500. The average molecular weight is 212 g/mol. The maximum absolute atomic E-state index is 11.8. The van der Waals surface area contributed by atoms with Crippen molar-refractivity contribution in [2.24, 2.45) is 0 Å². The van der Waals surface area contributed by atoms with Crippen molar-refractivity contribution in [3.05, 3.63) is 15.8 Å². The number of hydrogen-bond donors (Lipinski definition) is 1. The second kappa shape index (κ2) is 4.00. The molecule has 0 aliphatic carbocycles. The summed E-state index contributed by atoms with van der Waals surface area (Å²) in [7, 11) is 1.80. The second-order valence-corrected chi connectivity index (χ2v) is 4.89. The lowest BCUT2D eigenvalue weighted by Gasteiger charge is -2.20. The van der Waals surface area contributed by atoms with Crippen molar-refractivity contribution in [3.63, 3.8) is 0 Å². The van der Waals surface area contributed by atoms with E-state index in [1.54, 1.807) is 18.0 Å². The lowest BCUT2D eigenvalue weighted by molar-refractivity contribution is 0.0760. The molecule has 0 saturated carbocycles. The number of thiophene rings is 1. The Balaban J connectivity index is 2.90. The predicted molar refractivity (Wildman–Crippen MR) is 60.7 cm³/mol. The molecule has 0 aliphatic rings. The van der Waals surface area contributed by atoms with Crippen LogP contribution in [0.1, 0.15) is 28.4 Å². The number of carbonyl (C=O) groups excluding carboxylic acids is 1. The number of amides is 1. The van der Waals surface area contributed by atoms with E-state index in [0.29, 0.717) is 5.69 Å². The molecular formula is C10H16N2OS. The van der Waals surface area contributed by atoms with E-state index < -0.39 is 0 Å². The Morgan fingerprint density at radius 3 is 2.50 bits per heavy atom. The Morgan fingerprint density at radius 1 is 1.57 bits per heavy atom. The summed E-state index contributed by atoms with van der Waals surface area (Å²) in [4.78, 5) is 15.3. The Hall–Kier alpha value is -1.03. The summed E-state index contributed by atoms with van der Waals surface area (Å²) in [5.41, 5.74) is 6.40. The van der Waals surface area contributed by atoms with Crippen molar-refractivity contribution >= 4 is 22.9 Å². The van der Waals surface area contributed by atoms with Crippen LogP contribution in [0.15, 0.2) is 6.07 Å². The van der Waals surface area contributed by atoms with Gasteiger partial charge in [-0.05, 0) is 26.8 Å². The molecule has 0 spiro atoms. The zero-order valence-corrected chi connectivity index (χ0v) is 9.81. The van der Waals surface area contributed by atoms with E-state index in [1.807, 2.05) is 20.8 Å². The van der Waals surface area contributed by atoms with Crippen molar-refractivity contribution in [1.82, 2.24) is 4.90 Å². The van der Waals surface area contributed by atoms with Crippen LogP contribution in [-0.2, 0) is 0 Å². The quantitative estimate of drug-likeness (QED) is 0.816. The van der Waals surface area contributed by atoms with E-state index in [2.05, 4.69) is 0 Å². The molecule has 4 heteroatoms. The van der Waals surface area contributed by atoms with Crippen molar-refractivity contribution < 1.29 is 4.79 Å². The van der Waals surface area contributed by atoms with Gasteiger partial charge in [0.1, 0.15) is 0 Å². The summed E-state index contributed by atoms with van der Waals surface area (Å²) in [6.45, 7) is 5.90. The number of rotatable bonds is 2. The fourth-order valence-electron chi connectivity index (χ4n) is 1.01. The highest BCUT2D eigenvalue weighted by Crippen LogP contribution is 2.24. The Labute approximate surface area is 88.5 Å². The van der Waals surface area contributed by atoms with Gasteiger partial charge in [-0.1, -0.05) is 0 Å². The second-order valence-electron chi connectivity index (χ2n) is 3.63. The summed E-state index contributed by atoms with van der Waals surface area (Å²) in [5, 5.41) is 0. The number of hydrogen-bond acceptors (Lipinski definition) is 3. The Kier molecular flexibility index (Phi) is 3.16. The van der Waals surface area contributed by atoms with Crippen molar-refractivity contribution in [2.75, 3.05) is 12.8 Å². The van der Waals surface area contributed by atoms with Gasteiger partial charge in [0.05, 0.1) is 4.88 Å². The number of nitrogens with two attached hydrogens (primary N) is 1. The van der Waals surface area contributed by atoms with E-state index in [0.717, 1.165) is 9.75 Å². The standard InChI is InChI=1S/C10H16N2OS/c1-6(2)12(4)10(13)9-5-8(11)7(3)14-9/h5-6H,11H2,1-4H3. The maximum Gasteiger partial charge on any atom is 0.263 e. The molecule has 14 heavy (non-hydrogen) atoms. The van der Waals surface area contributed by atoms with E-state index in [1.165, 1.54) is 11.3 Å². The van der Waals surface area contributed by atoms with Gasteiger partial charge in [0, 0.05) is 23.7 Å². The Morgan fingerprint density at radius 2 is 2.14 bits per heavy atom. The number of anilines is 1. The molecule has 78 valence electrons. The van der Waals surface area contributed by atoms with Gasteiger partial charge in [0.15, 0.2) is 0 Å². The number of carbonyl (C=O) groups is 1. The third-order valence-electron chi connectivity index (χ3n) is 2.26. The predicted octanol–water partition coefficient (Wildman–Crippen LogP) is 2.12. The molecule has 0 saturated heterocycles. The summed E-state index contributed by atoms with van der Waals surface area (Å²) < 4.78 is 0. The van der Waals surface area contributed by atoms with Crippen LogP contribution >= 0.6 is 11.3 Å². The molecule has 0 aliphatic heterocycles. The minimum absolute atomic E-state index is 0.0461.